The number of hydrogen-bond acceptors (Lipinski definition) is 4. The van der Waals surface area contributed by atoms with Gasteiger partial charge in [0.15, 0.2) is 0 Å². The molecule has 0 amide bonds. The second-order valence-corrected chi connectivity index (χ2v) is 7.04. The largest absolute Gasteiger partial charge is 0.508 e. The zero-order valence-corrected chi connectivity index (χ0v) is 14.7. The van der Waals surface area contributed by atoms with E-state index < -0.39 is 0 Å². The minimum atomic E-state index is 0.272. The van der Waals surface area contributed by atoms with E-state index in [0.29, 0.717) is 11.8 Å². The van der Waals surface area contributed by atoms with Crippen molar-refractivity contribution in [2.75, 3.05) is 31.5 Å². The molecule has 0 aliphatic carbocycles. The Bertz CT molecular complexity index is 615. The number of anilines is 1. The number of aromatic hydroxyl groups is 1. The highest BCUT2D eigenvalue weighted by Gasteiger charge is 2.10. The summed E-state index contributed by atoms with van der Waals surface area (Å²) in [4.78, 5) is 6.93. The molecule has 0 aliphatic heterocycles. The molecule has 0 fully saturated rings. The third-order valence-electron chi connectivity index (χ3n) is 3.68. The van der Waals surface area contributed by atoms with Crippen LogP contribution in [-0.4, -0.2) is 41.2 Å². The summed E-state index contributed by atoms with van der Waals surface area (Å²) in [6, 6.07) is 7.36. The summed E-state index contributed by atoms with van der Waals surface area (Å²) in [5.74, 6) is 1.60. The molecule has 0 saturated heterocycles. The number of benzene rings is 1. The van der Waals surface area contributed by atoms with Crippen molar-refractivity contribution >= 4 is 16.6 Å². The van der Waals surface area contributed by atoms with E-state index in [-0.39, 0.29) is 5.75 Å². The molecule has 1 heterocycles. The Labute approximate surface area is 139 Å². The van der Waals surface area contributed by atoms with Gasteiger partial charge in [-0.05, 0) is 24.0 Å². The molecule has 2 rings (SSSR count). The van der Waals surface area contributed by atoms with Gasteiger partial charge in [-0.15, -0.1) is 0 Å². The zero-order chi connectivity index (χ0) is 16.8. The number of nitrogens with one attached hydrogen (secondary N) is 1. The highest BCUT2D eigenvalue weighted by molar-refractivity contribution is 5.91. The van der Waals surface area contributed by atoms with Crippen LogP contribution in [0.15, 0.2) is 30.5 Å². The van der Waals surface area contributed by atoms with E-state index in [1.54, 1.807) is 18.3 Å². The summed E-state index contributed by atoms with van der Waals surface area (Å²) in [6.07, 6.45) is 1.79. The van der Waals surface area contributed by atoms with Crippen molar-refractivity contribution in [1.29, 1.82) is 0 Å². The maximum Gasteiger partial charge on any atom is 0.118 e. The van der Waals surface area contributed by atoms with Crippen molar-refractivity contribution in [2.24, 2.45) is 11.8 Å². The Kier molecular flexibility index (Phi) is 6.22. The van der Waals surface area contributed by atoms with Crippen LogP contribution in [0.1, 0.15) is 27.7 Å². The number of phenols is 1. The van der Waals surface area contributed by atoms with Gasteiger partial charge in [-0.3, -0.25) is 4.98 Å². The molecule has 2 aromatic rings. The van der Waals surface area contributed by atoms with Gasteiger partial charge in [-0.1, -0.05) is 33.8 Å². The molecule has 4 heteroatoms. The molecule has 0 atom stereocenters. The Hall–Kier alpha value is -1.81. The van der Waals surface area contributed by atoms with E-state index in [1.165, 1.54) is 0 Å². The van der Waals surface area contributed by atoms with E-state index in [0.717, 1.165) is 42.8 Å². The molecule has 0 bridgehead atoms. The van der Waals surface area contributed by atoms with Crippen LogP contribution in [-0.2, 0) is 0 Å². The van der Waals surface area contributed by atoms with E-state index in [4.69, 9.17) is 0 Å². The monoisotopic (exact) mass is 315 g/mol. The van der Waals surface area contributed by atoms with Crippen molar-refractivity contribution in [3.63, 3.8) is 0 Å². The van der Waals surface area contributed by atoms with Gasteiger partial charge in [0, 0.05) is 43.8 Å². The Morgan fingerprint density at radius 3 is 2.48 bits per heavy atom. The maximum absolute atomic E-state index is 9.88. The van der Waals surface area contributed by atoms with Gasteiger partial charge in [0.2, 0.25) is 0 Å². The lowest BCUT2D eigenvalue weighted by molar-refractivity contribution is 0.227. The smallest absolute Gasteiger partial charge is 0.118 e. The van der Waals surface area contributed by atoms with Crippen molar-refractivity contribution in [2.45, 2.75) is 27.7 Å². The van der Waals surface area contributed by atoms with Crippen LogP contribution in [0, 0.1) is 11.8 Å². The minimum absolute atomic E-state index is 0.272. The molecule has 0 unspecified atom stereocenters. The van der Waals surface area contributed by atoms with Crippen molar-refractivity contribution in [1.82, 2.24) is 9.88 Å². The number of aromatic nitrogens is 1. The second-order valence-electron chi connectivity index (χ2n) is 7.04. The molecule has 0 aliphatic rings. The molecule has 4 nitrogen and oxygen atoms in total. The van der Waals surface area contributed by atoms with E-state index >= 15 is 0 Å². The third-order valence-corrected chi connectivity index (χ3v) is 3.68. The first-order valence-corrected chi connectivity index (χ1v) is 8.49. The van der Waals surface area contributed by atoms with Gasteiger partial charge in [0.05, 0.1) is 11.2 Å². The maximum atomic E-state index is 9.88. The summed E-state index contributed by atoms with van der Waals surface area (Å²) in [5, 5.41) is 14.3. The minimum Gasteiger partial charge on any atom is -0.508 e. The average Bonchev–Trinajstić information content (AvgIpc) is 2.45. The van der Waals surface area contributed by atoms with Gasteiger partial charge in [0.25, 0.3) is 0 Å². The van der Waals surface area contributed by atoms with Gasteiger partial charge < -0.3 is 15.3 Å². The fourth-order valence-electron chi connectivity index (χ4n) is 2.95. The quantitative estimate of drug-likeness (QED) is 0.774. The summed E-state index contributed by atoms with van der Waals surface area (Å²) in [5.41, 5.74) is 1.80. The molecule has 23 heavy (non-hydrogen) atoms. The van der Waals surface area contributed by atoms with Crippen LogP contribution in [0.5, 0.6) is 5.75 Å². The van der Waals surface area contributed by atoms with E-state index in [9.17, 15) is 5.11 Å². The number of phenolic OH excluding ortho intramolecular Hbond substituents is 1. The van der Waals surface area contributed by atoms with E-state index in [2.05, 4.69) is 42.9 Å². The zero-order valence-electron chi connectivity index (χ0n) is 14.7. The number of rotatable bonds is 8. The summed E-state index contributed by atoms with van der Waals surface area (Å²) >= 11 is 0. The molecule has 2 N–H and O–H groups in total. The third kappa shape index (κ3) is 5.39. The van der Waals surface area contributed by atoms with Crippen LogP contribution in [0.4, 0.5) is 5.69 Å². The summed E-state index contributed by atoms with van der Waals surface area (Å²) in [7, 11) is 0. The number of nitrogens with zero attached hydrogens (tertiary/aromatic N) is 2. The first-order valence-electron chi connectivity index (χ1n) is 8.49. The van der Waals surface area contributed by atoms with Crippen LogP contribution in [0.3, 0.4) is 0 Å². The second kappa shape index (κ2) is 8.16. The number of pyridine rings is 1. The van der Waals surface area contributed by atoms with E-state index in [1.807, 2.05) is 12.1 Å². The summed E-state index contributed by atoms with van der Waals surface area (Å²) in [6.45, 7) is 13.1. The fraction of sp³-hybridized carbons (Fsp3) is 0.526. The summed E-state index contributed by atoms with van der Waals surface area (Å²) < 4.78 is 0. The van der Waals surface area contributed by atoms with Crippen molar-refractivity contribution in [3.8, 4) is 5.75 Å². The highest BCUT2D eigenvalue weighted by Crippen LogP contribution is 2.26. The highest BCUT2D eigenvalue weighted by atomic mass is 16.3. The predicted molar refractivity (Wildman–Crippen MR) is 98.0 cm³/mol. The van der Waals surface area contributed by atoms with Gasteiger partial charge in [-0.2, -0.15) is 0 Å². The Morgan fingerprint density at radius 2 is 1.83 bits per heavy atom. The molecule has 0 saturated carbocycles. The average molecular weight is 315 g/mol. The lowest BCUT2D eigenvalue weighted by Crippen LogP contribution is -2.35. The fourth-order valence-corrected chi connectivity index (χ4v) is 2.95. The molecule has 1 aromatic heterocycles. The molecular weight excluding hydrogens is 286 g/mol. The van der Waals surface area contributed by atoms with Gasteiger partial charge in [-0.25, -0.2) is 0 Å². The first-order chi connectivity index (χ1) is 11.0. The van der Waals surface area contributed by atoms with Crippen LogP contribution >= 0.6 is 0 Å². The molecular formula is C19H29N3O. The first kappa shape index (κ1) is 17.5. The SMILES string of the molecule is CC(C)CN(CCNc1cc(O)cc2cccnc12)CC(C)C. The molecule has 0 radical (unpaired) electrons. The normalized spacial score (nSPS) is 11.8. The van der Waals surface area contributed by atoms with Crippen molar-refractivity contribution in [3.05, 3.63) is 30.5 Å². The van der Waals surface area contributed by atoms with Crippen LogP contribution < -0.4 is 5.32 Å². The Balaban J connectivity index is 2.02. The van der Waals surface area contributed by atoms with Gasteiger partial charge >= 0.3 is 0 Å². The topological polar surface area (TPSA) is 48.4 Å². The number of hydrogen-bond donors (Lipinski definition) is 2. The lowest BCUT2D eigenvalue weighted by Gasteiger charge is -2.26. The molecule has 126 valence electrons. The number of fused-ring (bicyclic) bond motifs is 1. The van der Waals surface area contributed by atoms with Crippen LogP contribution in [0.2, 0.25) is 0 Å². The Morgan fingerprint density at radius 1 is 1.13 bits per heavy atom. The van der Waals surface area contributed by atoms with Gasteiger partial charge in [0.1, 0.15) is 5.75 Å². The van der Waals surface area contributed by atoms with Crippen LogP contribution in [0.25, 0.3) is 10.9 Å². The standard InChI is InChI=1S/C19H29N3O/c1-14(2)12-22(13-15(3)4)9-8-20-18-11-17(23)10-16-6-5-7-21-19(16)18/h5-7,10-11,14-15,20,23H,8-9,12-13H2,1-4H3. The lowest BCUT2D eigenvalue weighted by atomic mass is 10.1. The predicted octanol–water partition coefficient (Wildman–Crippen LogP) is 3.97. The molecule has 0 spiro atoms. The molecule has 1 aromatic carbocycles. The van der Waals surface area contributed by atoms with Crippen molar-refractivity contribution < 1.29 is 5.11 Å².